The average Bonchev–Trinajstić information content (AvgIpc) is 2.28. The van der Waals surface area contributed by atoms with Crippen LogP contribution in [0.2, 0.25) is 0 Å². The van der Waals surface area contributed by atoms with Crippen LogP contribution in [0.4, 0.5) is 0 Å². The van der Waals surface area contributed by atoms with E-state index in [1.54, 1.807) is 0 Å². The smallest absolute Gasteiger partial charge is 0.0965 e. The molecule has 0 heterocycles. The van der Waals surface area contributed by atoms with Crippen LogP contribution in [0.5, 0.6) is 0 Å². The van der Waals surface area contributed by atoms with Crippen molar-refractivity contribution < 1.29 is 0 Å². The lowest BCUT2D eigenvalue weighted by molar-refractivity contribution is 0.221. The molecule has 2 atom stereocenters. The van der Waals surface area contributed by atoms with Crippen molar-refractivity contribution in [2.75, 3.05) is 20.1 Å². The molecule has 1 N–H and O–H groups in total. The van der Waals surface area contributed by atoms with Gasteiger partial charge >= 0.3 is 0 Å². The molecule has 3 nitrogen and oxygen atoms in total. The number of hydrogen-bond donors (Lipinski definition) is 1. The molecule has 0 amide bonds. The first-order chi connectivity index (χ1) is 8.01. The van der Waals surface area contributed by atoms with Gasteiger partial charge in [-0.05, 0) is 45.7 Å². The van der Waals surface area contributed by atoms with Gasteiger partial charge in [0.05, 0.1) is 12.1 Å². The molecule has 0 rings (SSSR count). The molecule has 2 unspecified atom stereocenters. The van der Waals surface area contributed by atoms with Crippen LogP contribution in [0.3, 0.4) is 0 Å². The zero-order valence-electron chi connectivity index (χ0n) is 12.2. The Morgan fingerprint density at radius 3 is 2.41 bits per heavy atom. The molecule has 100 valence electrons. The highest BCUT2D eigenvalue weighted by Crippen LogP contribution is 2.10. The quantitative estimate of drug-likeness (QED) is 0.672. The van der Waals surface area contributed by atoms with Gasteiger partial charge in [0, 0.05) is 12.6 Å². The Kier molecular flexibility index (Phi) is 9.11. The highest BCUT2D eigenvalue weighted by Gasteiger charge is 2.13. The fourth-order valence-corrected chi connectivity index (χ4v) is 1.95. The van der Waals surface area contributed by atoms with Gasteiger partial charge in [-0.3, -0.25) is 0 Å². The average molecular weight is 239 g/mol. The molecule has 0 bridgehead atoms. The Bertz CT molecular complexity index is 220. The molecular formula is C14H29N3. The van der Waals surface area contributed by atoms with Crippen molar-refractivity contribution in [3.05, 3.63) is 0 Å². The summed E-state index contributed by atoms with van der Waals surface area (Å²) >= 11 is 0. The third-order valence-corrected chi connectivity index (χ3v) is 3.13. The molecule has 0 fully saturated rings. The zero-order valence-corrected chi connectivity index (χ0v) is 12.2. The predicted octanol–water partition coefficient (Wildman–Crippen LogP) is 2.63. The van der Waals surface area contributed by atoms with Crippen LogP contribution < -0.4 is 5.32 Å². The zero-order chi connectivity index (χ0) is 13.3. The number of hydrogen-bond acceptors (Lipinski definition) is 3. The minimum Gasteiger partial charge on any atom is -0.304 e. The lowest BCUT2D eigenvalue weighted by Crippen LogP contribution is -2.36. The summed E-state index contributed by atoms with van der Waals surface area (Å²) < 4.78 is 0. The van der Waals surface area contributed by atoms with E-state index in [0.717, 1.165) is 31.8 Å². The molecule has 0 aliphatic carbocycles. The first-order valence-electron chi connectivity index (χ1n) is 6.84. The Hall–Kier alpha value is -0.590. The van der Waals surface area contributed by atoms with Crippen molar-refractivity contribution in [3.63, 3.8) is 0 Å². The number of nitrogens with one attached hydrogen (secondary N) is 1. The molecule has 3 heteroatoms. The first-order valence-corrected chi connectivity index (χ1v) is 6.84. The van der Waals surface area contributed by atoms with Crippen molar-refractivity contribution in [1.82, 2.24) is 10.2 Å². The minimum absolute atomic E-state index is 0.00338. The van der Waals surface area contributed by atoms with Crippen molar-refractivity contribution in [3.8, 4) is 6.07 Å². The molecule has 0 aromatic rings. The molecule has 0 radical (unpaired) electrons. The van der Waals surface area contributed by atoms with Gasteiger partial charge in [-0.2, -0.15) is 5.26 Å². The van der Waals surface area contributed by atoms with E-state index in [1.807, 2.05) is 0 Å². The predicted molar refractivity (Wildman–Crippen MR) is 73.9 cm³/mol. The monoisotopic (exact) mass is 239 g/mol. The maximum absolute atomic E-state index is 9.02. The van der Waals surface area contributed by atoms with E-state index in [0.29, 0.717) is 6.04 Å². The summed E-state index contributed by atoms with van der Waals surface area (Å²) in [6, 6.07) is 2.94. The summed E-state index contributed by atoms with van der Waals surface area (Å²) in [7, 11) is 2.15. The molecule has 0 spiro atoms. The SMILES string of the molecule is CCCNC(C#N)CCN(C)C(C)CC(C)C. The molecule has 0 aliphatic heterocycles. The summed E-state index contributed by atoms with van der Waals surface area (Å²) in [6.45, 7) is 10.8. The molecule has 0 aromatic heterocycles. The van der Waals surface area contributed by atoms with E-state index < -0.39 is 0 Å². The number of rotatable bonds is 9. The van der Waals surface area contributed by atoms with Crippen LogP contribution in [-0.2, 0) is 0 Å². The van der Waals surface area contributed by atoms with E-state index in [4.69, 9.17) is 5.26 Å². The van der Waals surface area contributed by atoms with Crippen LogP contribution >= 0.6 is 0 Å². The van der Waals surface area contributed by atoms with Gasteiger partial charge in [0.2, 0.25) is 0 Å². The summed E-state index contributed by atoms with van der Waals surface area (Å²) in [5, 5.41) is 12.3. The lowest BCUT2D eigenvalue weighted by atomic mass is 10.0. The third kappa shape index (κ3) is 8.18. The Balaban J connectivity index is 3.87. The van der Waals surface area contributed by atoms with Gasteiger partial charge in [0.15, 0.2) is 0 Å². The van der Waals surface area contributed by atoms with Crippen molar-refractivity contribution in [2.45, 2.75) is 59.0 Å². The second-order valence-corrected chi connectivity index (χ2v) is 5.38. The summed E-state index contributed by atoms with van der Waals surface area (Å²) in [4.78, 5) is 2.36. The Morgan fingerprint density at radius 2 is 1.94 bits per heavy atom. The molecule has 0 saturated carbocycles. The first kappa shape index (κ1) is 16.4. The summed E-state index contributed by atoms with van der Waals surface area (Å²) in [6.07, 6.45) is 3.21. The summed E-state index contributed by atoms with van der Waals surface area (Å²) in [5.74, 6) is 0.734. The number of nitriles is 1. The van der Waals surface area contributed by atoms with Crippen LogP contribution in [-0.4, -0.2) is 37.1 Å². The van der Waals surface area contributed by atoms with Crippen LogP contribution in [0.15, 0.2) is 0 Å². The lowest BCUT2D eigenvalue weighted by Gasteiger charge is -2.27. The maximum atomic E-state index is 9.02. The number of nitrogens with zero attached hydrogens (tertiary/aromatic N) is 2. The van der Waals surface area contributed by atoms with Gasteiger partial charge in [0.1, 0.15) is 0 Å². The second-order valence-electron chi connectivity index (χ2n) is 5.38. The fraction of sp³-hybridized carbons (Fsp3) is 0.929. The third-order valence-electron chi connectivity index (χ3n) is 3.13. The van der Waals surface area contributed by atoms with Crippen molar-refractivity contribution >= 4 is 0 Å². The van der Waals surface area contributed by atoms with E-state index >= 15 is 0 Å². The molecular weight excluding hydrogens is 210 g/mol. The van der Waals surface area contributed by atoms with Gasteiger partial charge in [-0.1, -0.05) is 20.8 Å². The largest absolute Gasteiger partial charge is 0.304 e. The van der Waals surface area contributed by atoms with Gasteiger partial charge in [-0.15, -0.1) is 0 Å². The van der Waals surface area contributed by atoms with Gasteiger partial charge in [-0.25, -0.2) is 0 Å². The van der Waals surface area contributed by atoms with Crippen LogP contribution in [0.25, 0.3) is 0 Å². The van der Waals surface area contributed by atoms with E-state index in [-0.39, 0.29) is 6.04 Å². The highest BCUT2D eigenvalue weighted by atomic mass is 15.1. The van der Waals surface area contributed by atoms with Gasteiger partial charge in [0.25, 0.3) is 0 Å². The van der Waals surface area contributed by atoms with E-state index in [9.17, 15) is 0 Å². The molecule has 0 aliphatic rings. The van der Waals surface area contributed by atoms with Gasteiger partial charge < -0.3 is 10.2 Å². The Morgan fingerprint density at radius 1 is 1.29 bits per heavy atom. The molecule has 0 aromatic carbocycles. The van der Waals surface area contributed by atoms with Crippen LogP contribution in [0.1, 0.15) is 47.0 Å². The molecule has 0 saturated heterocycles. The topological polar surface area (TPSA) is 39.1 Å². The highest BCUT2D eigenvalue weighted by molar-refractivity contribution is 4.90. The van der Waals surface area contributed by atoms with Crippen molar-refractivity contribution in [1.29, 1.82) is 5.26 Å². The standard InChI is InChI=1S/C14H29N3/c1-6-8-16-14(11-15)7-9-17(5)13(4)10-12(2)3/h12-14,16H,6-10H2,1-5H3. The van der Waals surface area contributed by atoms with Crippen molar-refractivity contribution in [2.24, 2.45) is 5.92 Å². The summed E-state index contributed by atoms with van der Waals surface area (Å²) in [5.41, 5.74) is 0. The second kappa shape index (κ2) is 9.44. The maximum Gasteiger partial charge on any atom is 0.0965 e. The fourth-order valence-electron chi connectivity index (χ4n) is 1.95. The van der Waals surface area contributed by atoms with E-state index in [2.05, 4.69) is 51.0 Å². The Labute approximate surface area is 107 Å². The minimum atomic E-state index is 0.00338. The van der Waals surface area contributed by atoms with Crippen LogP contribution in [0, 0.1) is 17.2 Å². The van der Waals surface area contributed by atoms with E-state index in [1.165, 1.54) is 6.42 Å². The molecule has 17 heavy (non-hydrogen) atoms. The normalized spacial score (nSPS) is 14.9.